The summed E-state index contributed by atoms with van der Waals surface area (Å²) < 4.78 is 18.9. The van der Waals surface area contributed by atoms with Gasteiger partial charge in [-0.1, -0.05) is 19.1 Å². The van der Waals surface area contributed by atoms with Crippen LogP contribution in [0.5, 0.6) is 0 Å². The fourth-order valence-electron chi connectivity index (χ4n) is 2.71. The van der Waals surface area contributed by atoms with Gasteiger partial charge in [-0.15, -0.1) is 0 Å². The molecule has 0 radical (unpaired) electrons. The van der Waals surface area contributed by atoms with E-state index in [0.717, 1.165) is 50.9 Å². The summed E-state index contributed by atoms with van der Waals surface area (Å²) in [5.41, 5.74) is 1.57. The molecule has 1 aliphatic rings. The van der Waals surface area contributed by atoms with Gasteiger partial charge in [-0.05, 0) is 30.0 Å². The Bertz CT molecular complexity index is 544. The maximum absolute atomic E-state index is 13.6. The average Bonchev–Trinajstić information content (AvgIpc) is 2.59. The number of aryl methyl sites for hydroxylation is 1. The molecule has 1 aromatic rings. The van der Waals surface area contributed by atoms with Crippen molar-refractivity contribution in [2.45, 2.75) is 20.4 Å². The molecular formula is C18H29FN4O. The Morgan fingerprint density at radius 2 is 2.08 bits per heavy atom. The van der Waals surface area contributed by atoms with Gasteiger partial charge in [0.1, 0.15) is 5.82 Å². The molecule has 0 bridgehead atoms. The number of morpholine rings is 1. The lowest BCUT2D eigenvalue weighted by Crippen LogP contribution is -2.43. The van der Waals surface area contributed by atoms with Crippen molar-refractivity contribution in [2.75, 3.05) is 46.4 Å². The molecule has 1 saturated heterocycles. The molecule has 24 heavy (non-hydrogen) atoms. The van der Waals surface area contributed by atoms with Crippen molar-refractivity contribution in [1.82, 2.24) is 15.5 Å². The molecule has 1 heterocycles. The standard InChI is InChI=1S/C18H29FN4O/c1-14(13-23-6-8-24-9-7-23)11-21-18(20-3)22-12-16-5-4-15(2)17(19)10-16/h4-5,10,14H,6-9,11-13H2,1-3H3,(H2,20,21,22). The van der Waals surface area contributed by atoms with Crippen LogP contribution in [0.1, 0.15) is 18.1 Å². The molecule has 1 unspecified atom stereocenters. The predicted molar refractivity (Wildman–Crippen MR) is 95.8 cm³/mol. The number of halogens is 1. The van der Waals surface area contributed by atoms with E-state index in [0.29, 0.717) is 18.0 Å². The van der Waals surface area contributed by atoms with Gasteiger partial charge >= 0.3 is 0 Å². The van der Waals surface area contributed by atoms with Crippen LogP contribution < -0.4 is 10.6 Å². The molecule has 6 heteroatoms. The normalized spacial score (nSPS) is 17.6. The Labute approximate surface area is 144 Å². The molecule has 1 aliphatic heterocycles. The number of ether oxygens (including phenoxy) is 1. The number of nitrogens with one attached hydrogen (secondary N) is 2. The summed E-state index contributed by atoms with van der Waals surface area (Å²) in [4.78, 5) is 6.66. The molecule has 0 amide bonds. The zero-order valence-electron chi connectivity index (χ0n) is 14.9. The summed E-state index contributed by atoms with van der Waals surface area (Å²) in [5, 5.41) is 6.57. The molecule has 1 aromatic carbocycles. The quantitative estimate of drug-likeness (QED) is 0.614. The van der Waals surface area contributed by atoms with Crippen LogP contribution in [0.2, 0.25) is 0 Å². The number of benzene rings is 1. The van der Waals surface area contributed by atoms with E-state index < -0.39 is 0 Å². The summed E-state index contributed by atoms with van der Waals surface area (Å²) in [6.45, 7) is 10.1. The predicted octanol–water partition coefficient (Wildman–Crippen LogP) is 1.77. The van der Waals surface area contributed by atoms with E-state index in [1.54, 1.807) is 26.1 Å². The van der Waals surface area contributed by atoms with Crippen LogP contribution in [-0.4, -0.2) is 57.3 Å². The first-order valence-corrected chi connectivity index (χ1v) is 8.58. The second-order valence-electron chi connectivity index (χ2n) is 6.41. The fraction of sp³-hybridized carbons (Fsp3) is 0.611. The van der Waals surface area contributed by atoms with Crippen LogP contribution in [0.4, 0.5) is 4.39 Å². The fourth-order valence-corrected chi connectivity index (χ4v) is 2.71. The summed E-state index contributed by atoms with van der Waals surface area (Å²) in [5.74, 6) is 1.08. The van der Waals surface area contributed by atoms with Crippen molar-refractivity contribution in [3.05, 3.63) is 35.1 Å². The van der Waals surface area contributed by atoms with Crippen LogP contribution in [0.25, 0.3) is 0 Å². The third-order valence-electron chi connectivity index (χ3n) is 4.21. The van der Waals surface area contributed by atoms with E-state index in [1.807, 2.05) is 6.07 Å². The number of rotatable bonds is 6. The second kappa shape index (κ2) is 9.59. The highest BCUT2D eigenvalue weighted by molar-refractivity contribution is 5.79. The molecule has 0 aliphatic carbocycles. The van der Waals surface area contributed by atoms with E-state index in [1.165, 1.54) is 0 Å². The number of hydrogen-bond acceptors (Lipinski definition) is 3. The third kappa shape index (κ3) is 6.09. The van der Waals surface area contributed by atoms with Crippen LogP contribution in [-0.2, 0) is 11.3 Å². The van der Waals surface area contributed by atoms with E-state index in [-0.39, 0.29) is 5.82 Å². The Balaban J connectivity index is 1.72. The van der Waals surface area contributed by atoms with Crippen LogP contribution in [0.15, 0.2) is 23.2 Å². The van der Waals surface area contributed by atoms with Crippen LogP contribution >= 0.6 is 0 Å². The zero-order chi connectivity index (χ0) is 17.4. The lowest BCUT2D eigenvalue weighted by atomic mass is 10.1. The molecule has 134 valence electrons. The van der Waals surface area contributed by atoms with Crippen molar-refractivity contribution in [3.8, 4) is 0 Å². The van der Waals surface area contributed by atoms with Crippen molar-refractivity contribution in [1.29, 1.82) is 0 Å². The highest BCUT2D eigenvalue weighted by Crippen LogP contribution is 2.08. The van der Waals surface area contributed by atoms with Crippen molar-refractivity contribution in [3.63, 3.8) is 0 Å². The van der Waals surface area contributed by atoms with Gasteiger partial charge in [-0.3, -0.25) is 9.89 Å². The monoisotopic (exact) mass is 336 g/mol. The zero-order valence-corrected chi connectivity index (χ0v) is 14.9. The molecule has 0 spiro atoms. The average molecular weight is 336 g/mol. The van der Waals surface area contributed by atoms with E-state index in [2.05, 4.69) is 27.4 Å². The van der Waals surface area contributed by atoms with Gasteiger partial charge in [-0.25, -0.2) is 4.39 Å². The number of guanidine groups is 1. The van der Waals surface area contributed by atoms with Crippen molar-refractivity contribution >= 4 is 5.96 Å². The minimum atomic E-state index is -0.170. The first-order chi connectivity index (χ1) is 11.6. The highest BCUT2D eigenvalue weighted by Gasteiger charge is 2.13. The molecule has 1 atom stereocenters. The molecule has 2 N–H and O–H groups in total. The topological polar surface area (TPSA) is 48.9 Å². The van der Waals surface area contributed by atoms with E-state index in [4.69, 9.17) is 4.74 Å². The van der Waals surface area contributed by atoms with Gasteiger partial charge in [0.15, 0.2) is 5.96 Å². The maximum Gasteiger partial charge on any atom is 0.191 e. The van der Waals surface area contributed by atoms with Crippen LogP contribution in [0, 0.1) is 18.7 Å². The van der Waals surface area contributed by atoms with Gasteiger partial charge in [-0.2, -0.15) is 0 Å². The van der Waals surface area contributed by atoms with E-state index >= 15 is 0 Å². The molecule has 0 aromatic heterocycles. The Morgan fingerprint density at radius 3 is 2.75 bits per heavy atom. The Morgan fingerprint density at radius 1 is 1.33 bits per heavy atom. The minimum absolute atomic E-state index is 0.170. The second-order valence-corrected chi connectivity index (χ2v) is 6.41. The molecule has 2 rings (SSSR count). The SMILES string of the molecule is CN=C(NCc1ccc(C)c(F)c1)NCC(C)CN1CCOCC1. The first-order valence-electron chi connectivity index (χ1n) is 8.58. The van der Waals surface area contributed by atoms with Gasteiger partial charge in [0.25, 0.3) is 0 Å². The molecule has 0 saturated carbocycles. The lowest BCUT2D eigenvalue weighted by Gasteiger charge is -2.29. The third-order valence-corrected chi connectivity index (χ3v) is 4.21. The van der Waals surface area contributed by atoms with Crippen molar-refractivity contribution in [2.24, 2.45) is 10.9 Å². The molecule has 5 nitrogen and oxygen atoms in total. The van der Waals surface area contributed by atoms with Gasteiger partial charge < -0.3 is 15.4 Å². The Hall–Kier alpha value is -1.66. The molecular weight excluding hydrogens is 307 g/mol. The number of hydrogen-bond donors (Lipinski definition) is 2. The number of nitrogens with zero attached hydrogens (tertiary/aromatic N) is 2. The van der Waals surface area contributed by atoms with Gasteiger partial charge in [0.2, 0.25) is 0 Å². The van der Waals surface area contributed by atoms with Gasteiger partial charge in [0.05, 0.1) is 13.2 Å². The first kappa shape index (κ1) is 18.7. The largest absolute Gasteiger partial charge is 0.379 e. The Kier molecular flexibility index (Phi) is 7.46. The lowest BCUT2D eigenvalue weighted by molar-refractivity contribution is 0.0320. The number of aliphatic imine (C=N–C) groups is 1. The van der Waals surface area contributed by atoms with E-state index in [9.17, 15) is 4.39 Å². The summed E-state index contributed by atoms with van der Waals surface area (Å²) in [6.07, 6.45) is 0. The highest BCUT2D eigenvalue weighted by atomic mass is 19.1. The maximum atomic E-state index is 13.6. The van der Waals surface area contributed by atoms with Gasteiger partial charge in [0, 0.05) is 39.8 Å². The summed E-state index contributed by atoms with van der Waals surface area (Å²) >= 11 is 0. The summed E-state index contributed by atoms with van der Waals surface area (Å²) in [6, 6.07) is 5.29. The summed E-state index contributed by atoms with van der Waals surface area (Å²) in [7, 11) is 1.75. The van der Waals surface area contributed by atoms with Crippen LogP contribution in [0.3, 0.4) is 0 Å². The van der Waals surface area contributed by atoms with Crippen molar-refractivity contribution < 1.29 is 9.13 Å². The minimum Gasteiger partial charge on any atom is -0.379 e. The molecule has 1 fully saturated rings. The smallest absolute Gasteiger partial charge is 0.191 e.